The normalized spacial score (nSPS) is 10.4. The lowest BCUT2D eigenvalue weighted by molar-refractivity contribution is 0.0696. The van der Waals surface area contributed by atoms with Crippen molar-refractivity contribution in [3.8, 4) is 0 Å². The molecule has 0 aliphatic rings. The minimum Gasteiger partial charge on any atom is -0.478 e. The van der Waals surface area contributed by atoms with Crippen molar-refractivity contribution in [3.63, 3.8) is 0 Å². The van der Waals surface area contributed by atoms with E-state index in [4.69, 9.17) is 34.0 Å². The molecule has 7 heteroatoms. The maximum atomic E-state index is 10.8. The highest BCUT2D eigenvalue weighted by Crippen LogP contribution is 2.36. The number of anilines is 1. The molecular formula is C12H8Cl2N2O2S. The first-order chi connectivity index (χ1) is 8.97. The van der Waals surface area contributed by atoms with E-state index in [2.05, 4.69) is 4.98 Å². The summed E-state index contributed by atoms with van der Waals surface area (Å²) in [7, 11) is 0. The lowest BCUT2D eigenvalue weighted by atomic mass is 10.3. The number of nitrogen functional groups attached to an aromatic ring is 1. The second-order valence-electron chi connectivity index (χ2n) is 3.60. The third-order valence-corrected chi connectivity index (χ3v) is 3.99. The fourth-order valence-electron chi connectivity index (χ4n) is 1.33. The average Bonchev–Trinajstić information content (AvgIpc) is 2.36. The molecule has 0 amide bonds. The molecule has 4 nitrogen and oxygen atoms in total. The number of carboxylic acids is 1. The van der Waals surface area contributed by atoms with E-state index in [1.54, 1.807) is 18.2 Å². The highest BCUT2D eigenvalue weighted by atomic mass is 35.5. The van der Waals surface area contributed by atoms with Crippen LogP contribution in [-0.2, 0) is 0 Å². The Bertz CT molecular complexity index is 650. The molecule has 0 aliphatic heterocycles. The van der Waals surface area contributed by atoms with Gasteiger partial charge in [-0.05, 0) is 24.3 Å². The van der Waals surface area contributed by atoms with Gasteiger partial charge in [0, 0.05) is 16.1 Å². The Morgan fingerprint density at radius 1 is 1.32 bits per heavy atom. The first kappa shape index (κ1) is 14.0. The van der Waals surface area contributed by atoms with Gasteiger partial charge >= 0.3 is 5.97 Å². The summed E-state index contributed by atoms with van der Waals surface area (Å²) < 4.78 is 0. The number of hydrogen-bond donors (Lipinski definition) is 2. The van der Waals surface area contributed by atoms with Crippen LogP contribution in [0.4, 0.5) is 5.69 Å². The molecule has 2 rings (SSSR count). The van der Waals surface area contributed by atoms with Gasteiger partial charge in [0.1, 0.15) is 5.03 Å². The van der Waals surface area contributed by atoms with Crippen LogP contribution in [0.2, 0.25) is 10.0 Å². The van der Waals surface area contributed by atoms with E-state index in [0.29, 0.717) is 20.0 Å². The molecule has 0 fully saturated rings. The van der Waals surface area contributed by atoms with Gasteiger partial charge in [0.25, 0.3) is 0 Å². The predicted octanol–water partition coefficient (Wildman–Crippen LogP) is 3.82. The Balaban J connectivity index is 2.33. The van der Waals surface area contributed by atoms with Crippen molar-refractivity contribution in [2.45, 2.75) is 9.92 Å². The molecule has 0 bridgehead atoms. The minimum atomic E-state index is -1.07. The number of hydrogen-bond acceptors (Lipinski definition) is 4. The second kappa shape index (κ2) is 5.69. The van der Waals surface area contributed by atoms with Crippen molar-refractivity contribution in [3.05, 3.63) is 46.1 Å². The summed E-state index contributed by atoms with van der Waals surface area (Å²) in [6, 6.07) is 6.41. The van der Waals surface area contributed by atoms with Crippen LogP contribution in [0.5, 0.6) is 0 Å². The van der Waals surface area contributed by atoms with Crippen LogP contribution in [-0.4, -0.2) is 16.1 Å². The third-order valence-electron chi connectivity index (χ3n) is 2.23. The van der Waals surface area contributed by atoms with E-state index in [0.717, 1.165) is 0 Å². The van der Waals surface area contributed by atoms with Crippen molar-refractivity contribution >= 4 is 46.6 Å². The molecule has 3 N–H and O–H groups in total. The molecule has 1 aromatic carbocycles. The van der Waals surface area contributed by atoms with Crippen LogP contribution >= 0.6 is 35.0 Å². The SMILES string of the molecule is Nc1cc(C(=O)O)cnc1Sc1cc(Cl)ccc1Cl. The standard InChI is InChI=1S/C12H8Cl2N2O2S/c13-7-1-2-8(14)10(4-7)19-11-9(15)3-6(5-16-11)12(17)18/h1-5H,15H2,(H,17,18). The third kappa shape index (κ3) is 3.32. The molecule has 2 aromatic rings. The summed E-state index contributed by atoms with van der Waals surface area (Å²) in [6.07, 6.45) is 1.25. The molecule has 0 spiro atoms. The van der Waals surface area contributed by atoms with E-state index in [-0.39, 0.29) is 11.3 Å². The highest BCUT2D eigenvalue weighted by Gasteiger charge is 2.11. The van der Waals surface area contributed by atoms with E-state index in [1.165, 1.54) is 24.0 Å². The van der Waals surface area contributed by atoms with Crippen molar-refractivity contribution in [1.29, 1.82) is 0 Å². The molecule has 0 saturated carbocycles. The number of carboxylic acid groups (broad SMARTS) is 1. The topological polar surface area (TPSA) is 76.2 Å². The molecular weight excluding hydrogens is 307 g/mol. The van der Waals surface area contributed by atoms with Crippen LogP contribution in [0, 0.1) is 0 Å². The molecule has 1 heterocycles. The monoisotopic (exact) mass is 314 g/mol. The van der Waals surface area contributed by atoms with Gasteiger partial charge in [-0.2, -0.15) is 0 Å². The smallest absolute Gasteiger partial charge is 0.337 e. The maximum Gasteiger partial charge on any atom is 0.337 e. The van der Waals surface area contributed by atoms with Crippen molar-refractivity contribution in [2.24, 2.45) is 0 Å². The quantitative estimate of drug-likeness (QED) is 0.900. The van der Waals surface area contributed by atoms with Gasteiger partial charge in [-0.1, -0.05) is 35.0 Å². The van der Waals surface area contributed by atoms with Gasteiger partial charge in [-0.15, -0.1) is 0 Å². The Morgan fingerprint density at radius 3 is 2.68 bits per heavy atom. The number of aromatic carboxylic acids is 1. The molecule has 0 saturated heterocycles. The number of carbonyl (C=O) groups is 1. The van der Waals surface area contributed by atoms with Crippen molar-refractivity contribution in [1.82, 2.24) is 4.98 Å². The summed E-state index contributed by atoms with van der Waals surface area (Å²) in [6.45, 7) is 0. The van der Waals surface area contributed by atoms with E-state index in [1.807, 2.05) is 0 Å². The number of rotatable bonds is 3. The first-order valence-corrected chi connectivity index (χ1v) is 6.66. The molecule has 98 valence electrons. The number of benzene rings is 1. The Labute approximate surface area is 123 Å². The average molecular weight is 315 g/mol. The fraction of sp³-hybridized carbons (Fsp3) is 0. The molecule has 19 heavy (non-hydrogen) atoms. The van der Waals surface area contributed by atoms with Crippen LogP contribution in [0.1, 0.15) is 10.4 Å². The summed E-state index contributed by atoms with van der Waals surface area (Å²) in [5.74, 6) is -1.07. The summed E-state index contributed by atoms with van der Waals surface area (Å²) in [4.78, 5) is 15.5. The minimum absolute atomic E-state index is 0.0408. The van der Waals surface area contributed by atoms with Crippen LogP contribution in [0.15, 0.2) is 40.4 Å². The molecule has 0 aliphatic carbocycles. The Morgan fingerprint density at radius 2 is 2.05 bits per heavy atom. The van der Waals surface area contributed by atoms with Crippen LogP contribution in [0.3, 0.4) is 0 Å². The molecule has 0 unspecified atom stereocenters. The number of nitrogens with two attached hydrogens (primary N) is 1. The highest BCUT2D eigenvalue weighted by molar-refractivity contribution is 7.99. The summed E-state index contributed by atoms with van der Waals surface area (Å²) in [5, 5.41) is 10.4. The maximum absolute atomic E-state index is 10.8. The number of halogens is 2. The number of aromatic nitrogens is 1. The van der Waals surface area contributed by atoms with Gasteiger partial charge < -0.3 is 10.8 Å². The summed E-state index contributed by atoms with van der Waals surface area (Å²) in [5.41, 5.74) is 6.09. The van der Waals surface area contributed by atoms with Gasteiger partial charge in [-0.25, -0.2) is 9.78 Å². The Kier molecular flexibility index (Phi) is 4.19. The first-order valence-electron chi connectivity index (χ1n) is 5.09. The number of pyridine rings is 1. The zero-order chi connectivity index (χ0) is 14.0. The van der Waals surface area contributed by atoms with Crippen LogP contribution in [0.25, 0.3) is 0 Å². The Hall–Kier alpha value is -1.43. The van der Waals surface area contributed by atoms with Crippen LogP contribution < -0.4 is 5.73 Å². The number of nitrogens with zero attached hydrogens (tertiary/aromatic N) is 1. The predicted molar refractivity (Wildman–Crippen MR) is 76.2 cm³/mol. The summed E-state index contributed by atoms with van der Waals surface area (Å²) >= 11 is 13.2. The van der Waals surface area contributed by atoms with Gasteiger partial charge in [0.05, 0.1) is 16.3 Å². The fourth-order valence-corrected chi connectivity index (χ4v) is 2.64. The van der Waals surface area contributed by atoms with E-state index in [9.17, 15) is 4.79 Å². The van der Waals surface area contributed by atoms with Crippen molar-refractivity contribution < 1.29 is 9.90 Å². The zero-order valence-corrected chi connectivity index (χ0v) is 11.8. The van der Waals surface area contributed by atoms with Gasteiger partial charge in [-0.3, -0.25) is 0 Å². The lowest BCUT2D eigenvalue weighted by Crippen LogP contribution is -2.00. The van der Waals surface area contributed by atoms with Crippen molar-refractivity contribution in [2.75, 3.05) is 5.73 Å². The molecule has 1 aromatic heterocycles. The van der Waals surface area contributed by atoms with Gasteiger partial charge in [0.2, 0.25) is 0 Å². The van der Waals surface area contributed by atoms with E-state index >= 15 is 0 Å². The molecule has 0 radical (unpaired) electrons. The van der Waals surface area contributed by atoms with E-state index < -0.39 is 5.97 Å². The lowest BCUT2D eigenvalue weighted by Gasteiger charge is -2.07. The zero-order valence-electron chi connectivity index (χ0n) is 9.43. The van der Waals surface area contributed by atoms with Gasteiger partial charge in [0.15, 0.2) is 0 Å². The molecule has 0 atom stereocenters. The second-order valence-corrected chi connectivity index (χ2v) is 5.47. The largest absolute Gasteiger partial charge is 0.478 e.